The molecule has 0 unspecified atom stereocenters. The van der Waals surface area contributed by atoms with Crippen molar-refractivity contribution in [2.75, 3.05) is 25.6 Å². The lowest BCUT2D eigenvalue weighted by atomic mass is 9.96. The van der Waals surface area contributed by atoms with Crippen LogP contribution in [0.15, 0.2) is 65.6 Å². The van der Waals surface area contributed by atoms with Crippen LogP contribution in [0.1, 0.15) is 29.7 Å². The van der Waals surface area contributed by atoms with Gasteiger partial charge in [-0.05, 0) is 49.1 Å². The number of fused-ring (bicyclic) bond motifs is 1. The van der Waals surface area contributed by atoms with Gasteiger partial charge in [0.1, 0.15) is 11.5 Å². The van der Waals surface area contributed by atoms with E-state index >= 15 is 0 Å². The van der Waals surface area contributed by atoms with Crippen LogP contribution in [-0.2, 0) is 24.5 Å². The Hall–Kier alpha value is -4.52. The number of ether oxygens (including phenoxy) is 2. The number of nitrogens with one attached hydrogen (secondary N) is 2. The first kappa shape index (κ1) is 32.4. The molecule has 0 bridgehead atoms. The zero-order valence-electron chi connectivity index (χ0n) is 25.9. The van der Waals surface area contributed by atoms with Crippen molar-refractivity contribution in [3.05, 3.63) is 93.0 Å². The van der Waals surface area contributed by atoms with E-state index in [4.69, 9.17) is 26.1 Å². The van der Waals surface area contributed by atoms with E-state index < -0.39 is 17.4 Å². The van der Waals surface area contributed by atoms with Gasteiger partial charge < -0.3 is 20.1 Å². The Kier molecular flexibility index (Phi) is 9.18. The average Bonchev–Trinajstić information content (AvgIpc) is 3.06. The van der Waals surface area contributed by atoms with E-state index in [-0.39, 0.29) is 16.6 Å². The number of anilines is 2. The second-order valence-electron chi connectivity index (χ2n) is 11.3. The molecule has 2 N–H and O–H groups in total. The summed E-state index contributed by atoms with van der Waals surface area (Å²) in [6.07, 6.45) is -1.61. The molecular weight excluding hydrogens is 633 g/mol. The van der Waals surface area contributed by atoms with Crippen LogP contribution in [0.4, 0.5) is 24.7 Å². The third-order valence-electron chi connectivity index (χ3n) is 8.30. The maximum Gasteiger partial charge on any atom is 0.433 e. The largest absolute Gasteiger partial charge is 0.481 e. The molecule has 5 aromatic rings. The number of hydrogen-bond donors (Lipinski definition) is 2. The lowest BCUT2D eigenvalue weighted by molar-refractivity contribution is -0.140. The maximum absolute atomic E-state index is 13.8. The molecule has 4 heterocycles. The van der Waals surface area contributed by atoms with Gasteiger partial charge in [0.25, 0.3) is 5.56 Å². The predicted octanol–water partition coefficient (Wildman–Crippen LogP) is 7.06. The van der Waals surface area contributed by atoms with E-state index in [0.29, 0.717) is 51.6 Å². The molecule has 6 rings (SSSR count). The molecule has 3 aromatic heterocycles. The fourth-order valence-corrected chi connectivity index (χ4v) is 6.03. The number of hydrogen-bond acceptors (Lipinski definition) is 8. The number of alkyl halides is 3. The highest BCUT2D eigenvalue weighted by molar-refractivity contribution is 6.36. The minimum Gasteiger partial charge on any atom is -0.481 e. The quantitative estimate of drug-likeness (QED) is 0.182. The molecule has 13 heteroatoms. The van der Waals surface area contributed by atoms with Crippen molar-refractivity contribution < 1.29 is 22.6 Å². The molecular formula is C34H32ClF3N6O3. The summed E-state index contributed by atoms with van der Waals surface area (Å²) in [6.45, 7) is 3.91. The van der Waals surface area contributed by atoms with Crippen molar-refractivity contribution in [3.8, 4) is 28.3 Å². The van der Waals surface area contributed by atoms with Crippen molar-refractivity contribution in [1.29, 1.82) is 0 Å². The normalized spacial score (nSPS) is 14.0. The van der Waals surface area contributed by atoms with Gasteiger partial charge >= 0.3 is 6.18 Å². The molecule has 0 atom stereocenters. The minimum atomic E-state index is -4.73. The summed E-state index contributed by atoms with van der Waals surface area (Å²) in [7, 11) is 3.01. The molecule has 0 amide bonds. The highest BCUT2D eigenvalue weighted by Gasteiger charge is 2.34. The van der Waals surface area contributed by atoms with Crippen LogP contribution in [0.25, 0.3) is 33.2 Å². The maximum atomic E-state index is 13.8. The summed E-state index contributed by atoms with van der Waals surface area (Å²) < 4.78 is 53.4. The Labute approximate surface area is 273 Å². The molecule has 1 aliphatic rings. The standard InChI is InChI=1S/C34H32ClF3N6O3/c1-19-23(6-5-9-26(19)41-31-29-21(18-40-44(2)33(29)45)16-28(43-31)34(36,37)38)24-7-4-8-25(30(24)35)27-11-10-20(32(42-27)46-3)17-39-22-12-14-47-15-13-22/h4-11,16,18,22,39H,12-15,17H2,1-3H3,(H,41,43). The minimum absolute atomic E-state index is 0.00763. The molecule has 1 aliphatic heterocycles. The third kappa shape index (κ3) is 6.67. The van der Waals surface area contributed by atoms with E-state index in [1.54, 1.807) is 19.2 Å². The summed E-state index contributed by atoms with van der Waals surface area (Å²) in [4.78, 5) is 21.5. The lowest BCUT2D eigenvalue weighted by Gasteiger charge is -2.23. The molecule has 0 aliphatic carbocycles. The number of pyridine rings is 2. The van der Waals surface area contributed by atoms with Crippen LogP contribution in [0.5, 0.6) is 5.88 Å². The fraction of sp³-hybridized carbons (Fsp3) is 0.294. The van der Waals surface area contributed by atoms with Gasteiger partial charge in [0.05, 0.1) is 29.4 Å². The smallest absolute Gasteiger partial charge is 0.433 e. The first-order valence-electron chi connectivity index (χ1n) is 15.0. The number of aromatic nitrogens is 4. The highest BCUT2D eigenvalue weighted by atomic mass is 35.5. The molecule has 244 valence electrons. The second-order valence-corrected chi connectivity index (χ2v) is 11.7. The number of halogens is 4. The van der Waals surface area contributed by atoms with Crippen molar-refractivity contribution >= 4 is 33.9 Å². The van der Waals surface area contributed by atoms with Gasteiger partial charge in [-0.2, -0.15) is 18.3 Å². The second kappa shape index (κ2) is 13.3. The van der Waals surface area contributed by atoms with Gasteiger partial charge in [-0.1, -0.05) is 48.0 Å². The Morgan fingerprint density at radius 3 is 2.51 bits per heavy atom. The van der Waals surface area contributed by atoms with E-state index in [0.717, 1.165) is 47.9 Å². The van der Waals surface area contributed by atoms with Crippen LogP contribution in [0.3, 0.4) is 0 Å². The summed E-state index contributed by atoms with van der Waals surface area (Å²) in [5, 5.41) is 10.9. The van der Waals surface area contributed by atoms with E-state index in [1.165, 1.54) is 13.2 Å². The van der Waals surface area contributed by atoms with Crippen LogP contribution in [-0.4, -0.2) is 46.1 Å². The van der Waals surface area contributed by atoms with Gasteiger partial charge in [-0.15, -0.1) is 0 Å². The molecule has 0 saturated carbocycles. The number of aryl methyl sites for hydroxylation is 1. The summed E-state index contributed by atoms with van der Waals surface area (Å²) in [6, 6.07) is 16.0. The van der Waals surface area contributed by atoms with Gasteiger partial charge in [-0.25, -0.2) is 14.6 Å². The Bertz CT molecular complexity index is 2010. The molecule has 47 heavy (non-hydrogen) atoms. The first-order chi connectivity index (χ1) is 22.5. The van der Waals surface area contributed by atoms with Crippen molar-refractivity contribution in [2.45, 2.75) is 38.5 Å². The van der Waals surface area contributed by atoms with E-state index in [2.05, 4.69) is 20.7 Å². The summed E-state index contributed by atoms with van der Waals surface area (Å²) in [5.74, 6) is 0.272. The molecule has 0 spiro atoms. The van der Waals surface area contributed by atoms with Crippen LogP contribution >= 0.6 is 11.6 Å². The zero-order valence-corrected chi connectivity index (χ0v) is 26.7. The predicted molar refractivity (Wildman–Crippen MR) is 175 cm³/mol. The number of nitrogens with zero attached hydrogens (tertiary/aromatic N) is 4. The molecule has 1 saturated heterocycles. The van der Waals surface area contributed by atoms with Crippen LogP contribution < -0.4 is 20.9 Å². The van der Waals surface area contributed by atoms with Crippen LogP contribution in [0.2, 0.25) is 5.02 Å². The van der Waals surface area contributed by atoms with Gasteiger partial charge in [-0.3, -0.25) is 4.79 Å². The molecule has 0 radical (unpaired) electrons. The van der Waals surface area contributed by atoms with Gasteiger partial charge in [0.2, 0.25) is 5.88 Å². The fourth-order valence-electron chi connectivity index (χ4n) is 5.70. The SMILES string of the molecule is COc1nc(-c2cccc(-c3cccc(Nc4nc(C(F)(F)F)cc5cnn(C)c(=O)c45)c3C)c2Cl)ccc1CNC1CCOCC1. The highest BCUT2D eigenvalue weighted by Crippen LogP contribution is 2.40. The van der Waals surface area contributed by atoms with Crippen molar-refractivity contribution in [1.82, 2.24) is 25.1 Å². The van der Waals surface area contributed by atoms with Crippen LogP contribution in [0, 0.1) is 6.92 Å². The van der Waals surface area contributed by atoms with Gasteiger partial charge in [0, 0.05) is 60.6 Å². The molecule has 2 aromatic carbocycles. The number of methoxy groups -OCH3 is 1. The number of rotatable bonds is 8. The zero-order chi connectivity index (χ0) is 33.3. The first-order valence-corrected chi connectivity index (χ1v) is 15.4. The molecule has 9 nitrogen and oxygen atoms in total. The van der Waals surface area contributed by atoms with E-state index in [1.807, 2.05) is 43.3 Å². The number of benzene rings is 2. The molecule has 1 fully saturated rings. The summed E-state index contributed by atoms with van der Waals surface area (Å²) >= 11 is 7.03. The Morgan fingerprint density at radius 1 is 1.04 bits per heavy atom. The van der Waals surface area contributed by atoms with Crippen molar-refractivity contribution in [2.24, 2.45) is 7.05 Å². The van der Waals surface area contributed by atoms with Gasteiger partial charge in [0.15, 0.2) is 0 Å². The third-order valence-corrected chi connectivity index (χ3v) is 8.71. The average molecular weight is 665 g/mol. The van der Waals surface area contributed by atoms with E-state index in [9.17, 15) is 18.0 Å². The lowest BCUT2D eigenvalue weighted by Crippen LogP contribution is -2.34. The topological polar surface area (TPSA) is 103 Å². The Morgan fingerprint density at radius 2 is 1.77 bits per heavy atom. The summed E-state index contributed by atoms with van der Waals surface area (Å²) in [5.41, 5.74) is 3.08. The Balaban J connectivity index is 1.34. The van der Waals surface area contributed by atoms with Crippen molar-refractivity contribution in [3.63, 3.8) is 0 Å². The monoisotopic (exact) mass is 664 g/mol.